The highest BCUT2D eigenvalue weighted by atomic mass is 79.9. The lowest BCUT2D eigenvalue weighted by Crippen LogP contribution is -2.22. The Morgan fingerprint density at radius 3 is 2.53 bits per heavy atom. The molecule has 0 aromatic heterocycles. The van der Waals surface area contributed by atoms with Crippen molar-refractivity contribution in [1.82, 2.24) is 4.90 Å². The van der Waals surface area contributed by atoms with Gasteiger partial charge in [-0.3, -0.25) is 14.6 Å². The Labute approximate surface area is 207 Å². The summed E-state index contributed by atoms with van der Waals surface area (Å²) in [7, 11) is 4.04. The second kappa shape index (κ2) is 10.3. The normalized spacial score (nSPS) is 15.4. The number of hydrogen-bond donors (Lipinski definition) is 2. The van der Waals surface area contributed by atoms with Crippen molar-refractivity contribution in [2.24, 2.45) is 4.99 Å². The maximum Gasteiger partial charge on any atom is 0.303 e. The minimum atomic E-state index is -0.825. The summed E-state index contributed by atoms with van der Waals surface area (Å²) in [6.07, 6.45) is 0.529. The summed E-state index contributed by atoms with van der Waals surface area (Å²) in [5, 5.41) is 12.0. The van der Waals surface area contributed by atoms with E-state index in [0.717, 1.165) is 44.6 Å². The van der Waals surface area contributed by atoms with Gasteiger partial charge in [0.25, 0.3) is 0 Å². The zero-order valence-corrected chi connectivity index (χ0v) is 20.7. The van der Waals surface area contributed by atoms with Crippen molar-refractivity contribution in [3.63, 3.8) is 0 Å². The van der Waals surface area contributed by atoms with Crippen molar-refractivity contribution in [2.75, 3.05) is 19.4 Å². The summed E-state index contributed by atoms with van der Waals surface area (Å²) in [5.74, 6) is -1.49. The van der Waals surface area contributed by atoms with Gasteiger partial charge >= 0.3 is 5.97 Å². The molecule has 0 bridgehead atoms. The van der Waals surface area contributed by atoms with Crippen molar-refractivity contribution in [3.8, 4) is 0 Å². The molecule has 6 nitrogen and oxygen atoms in total. The number of hydrogen-bond acceptors (Lipinski definition) is 4. The van der Waals surface area contributed by atoms with E-state index >= 15 is 0 Å². The Hall–Kier alpha value is -3.29. The smallest absolute Gasteiger partial charge is 0.303 e. The molecule has 1 aliphatic heterocycles. The van der Waals surface area contributed by atoms with Gasteiger partial charge < -0.3 is 15.3 Å². The SMILES string of the molecule is CN(C)Cc1cccc(N=C(c2ccc(CCC(=O)O)cc2)C2C(=O)Nc3cc(Br)ccc32)c1. The van der Waals surface area contributed by atoms with Gasteiger partial charge in [0.2, 0.25) is 5.91 Å². The number of nitrogens with one attached hydrogen (secondary N) is 1. The largest absolute Gasteiger partial charge is 0.481 e. The van der Waals surface area contributed by atoms with Crippen LogP contribution in [0.3, 0.4) is 0 Å². The van der Waals surface area contributed by atoms with E-state index in [0.29, 0.717) is 12.1 Å². The first-order valence-corrected chi connectivity index (χ1v) is 11.8. The van der Waals surface area contributed by atoms with Crippen LogP contribution in [-0.4, -0.2) is 41.7 Å². The monoisotopic (exact) mass is 519 g/mol. The molecule has 1 heterocycles. The summed E-state index contributed by atoms with van der Waals surface area (Å²) in [6.45, 7) is 0.789. The Balaban J connectivity index is 1.77. The van der Waals surface area contributed by atoms with Crippen LogP contribution in [0.1, 0.15) is 34.6 Å². The highest BCUT2D eigenvalue weighted by Crippen LogP contribution is 2.38. The molecule has 2 N–H and O–H groups in total. The summed E-state index contributed by atoms with van der Waals surface area (Å²) in [4.78, 5) is 31.1. The van der Waals surface area contributed by atoms with Gasteiger partial charge in [0.15, 0.2) is 0 Å². The zero-order valence-electron chi connectivity index (χ0n) is 19.1. The molecule has 1 unspecified atom stereocenters. The summed E-state index contributed by atoms with van der Waals surface area (Å²) >= 11 is 3.47. The van der Waals surface area contributed by atoms with E-state index in [-0.39, 0.29) is 12.3 Å². The summed E-state index contributed by atoms with van der Waals surface area (Å²) in [5.41, 5.74) is 5.98. The number of fused-ring (bicyclic) bond motifs is 1. The number of carbonyl (C=O) groups is 2. The number of carbonyl (C=O) groups excluding carboxylic acids is 1. The van der Waals surface area contributed by atoms with E-state index < -0.39 is 11.9 Å². The fourth-order valence-corrected chi connectivity index (χ4v) is 4.48. The van der Waals surface area contributed by atoms with Gasteiger partial charge in [-0.25, -0.2) is 0 Å². The van der Waals surface area contributed by atoms with Crippen molar-refractivity contribution in [1.29, 1.82) is 0 Å². The fraction of sp³-hybridized carbons (Fsp3) is 0.222. The number of amides is 1. The maximum absolute atomic E-state index is 13.1. The molecule has 1 amide bonds. The fourth-order valence-electron chi connectivity index (χ4n) is 4.12. The topological polar surface area (TPSA) is 82.0 Å². The average Bonchev–Trinajstić information content (AvgIpc) is 3.11. The number of carboxylic acids is 1. The first-order chi connectivity index (χ1) is 16.3. The van der Waals surface area contributed by atoms with Gasteiger partial charge in [-0.1, -0.05) is 58.4 Å². The quantitative estimate of drug-likeness (QED) is 0.391. The second-order valence-electron chi connectivity index (χ2n) is 8.65. The molecule has 3 aromatic carbocycles. The molecule has 1 atom stereocenters. The number of halogens is 1. The van der Waals surface area contributed by atoms with Gasteiger partial charge in [0.05, 0.1) is 11.4 Å². The van der Waals surface area contributed by atoms with Crippen LogP contribution in [0, 0.1) is 0 Å². The molecule has 0 radical (unpaired) electrons. The standard InChI is InChI=1S/C27H26BrN3O3/c1-31(2)16-18-4-3-5-21(14-18)29-26(19-9-6-17(7-10-19)8-13-24(32)33)25-22-12-11-20(28)15-23(22)30-27(25)34/h3-7,9-12,14-15,25H,8,13,16H2,1-2H3,(H,30,34)(H,32,33). The van der Waals surface area contributed by atoms with Crippen LogP contribution in [0.25, 0.3) is 0 Å². The summed E-state index contributed by atoms with van der Waals surface area (Å²) in [6, 6.07) is 21.4. The van der Waals surface area contributed by atoms with E-state index in [2.05, 4.69) is 32.2 Å². The molecule has 0 spiro atoms. The van der Waals surface area contributed by atoms with E-state index in [1.165, 1.54) is 0 Å². The second-order valence-corrected chi connectivity index (χ2v) is 9.56. The molecule has 0 fully saturated rings. The van der Waals surface area contributed by atoms with Crippen molar-refractivity contribution < 1.29 is 14.7 Å². The number of nitrogens with zero attached hydrogens (tertiary/aromatic N) is 2. The first kappa shape index (κ1) is 23.9. The number of rotatable bonds is 8. The molecule has 34 heavy (non-hydrogen) atoms. The van der Waals surface area contributed by atoms with E-state index in [1.54, 1.807) is 0 Å². The molecule has 0 saturated heterocycles. The number of anilines is 1. The number of aryl methyl sites for hydroxylation is 1. The van der Waals surface area contributed by atoms with Crippen LogP contribution < -0.4 is 5.32 Å². The van der Waals surface area contributed by atoms with E-state index in [1.807, 2.05) is 74.8 Å². The number of benzene rings is 3. The highest BCUT2D eigenvalue weighted by Gasteiger charge is 2.35. The lowest BCUT2D eigenvalue weighted by atomic mass is 9.90. The van der Waals surface area contributed by atoms with Gasteiger partial charge in [-0.05, 0) is 67.0 Å². The van der Waals surface area contributed by atoms with Crippen LogP contribution in [0.2, 0.25) is 0 Å². The molecule has 1 aliphatic rings. The van der Waals surface area contributed by atoms with Crippen molar-refractivity contribution >= 4 is 44.9 Å². The molecule has 0 aliphatic carbocycles. The van der Waals surface area contributed by atoms with Gasteiger partial charge in [0.1, 0.15) is 5.92 Å². The van der Waals surface area contributed by atoms with Crippen LogP contribution in [-0.2, 0) is 22.6 Å². The predicted octanol–water partition coefficient (Wildman–Crippen LogP) is 5.38. The van der Waals surface area contributed by atoms with Crippen LogP contribution in [0.4, 0.5) is 11.4 Å². The molecule has 174 valence electrons. The van der Waals surface area contributed by atoms with Crippen LogP contribution in [0.5, 0.6) is 0 Å². The highest BCUT2D eigenvalue weighted by molar-refractivity contribution is 9.10. The lowest BCUT2D eigenvalue weighted by molar-refractivity contribution is -0.137. The van der Waals surface area contributed by atoms with Gasteiger partial charge in [0, 0.05) is 23.1 Å². The Kier molecular flexibility index (Phi) is 7.24. The minimum absolute atomic E-state index is 0.0756. The van der Waals surface area contributed by atoms with Crippen LogP contribution >= 0.6 is 15.9 Å². The number of aliphatic imine (C=N–C) groups is 1. The third-order valence-electron chi connectivity index (χ3n) is 5.66. The third-order valence-corrected chi connectivity index (χ3v) is 6.15. The number of aliphatic carboxylic acids is 1. The molecule has 7 heteroatoms. The minimum Gasteiger partial charge on any atom is -0.481 e. The predicted molar refractivity (Wildman–Crippen MR) is 138 cm³/mol. The zero-order chi connectivity index (χ0) is 24.2. The average molecular weight is 520 g/mol. The Bertz CT molecular complexity index is 1250. The molecular weight excluding hydrogens is 494 g/mol. The molecule has 3 aromatic rings. The first-order valence-electron chi connectivity index (χ1n) is 11.0. The molecular formula is C27H26BrN3O3. The summed E-state index contributed by atoms with van der Waals surface area (Å²) < 4.78 is 0.893. The maximum atomic E-state index is 13.1. The molecule has 0 saturated carbocycles. The Morgan fingerprint density at radius 1 is 1.06 bits per heavy atom. The number of carboxylic acid groups (broad SMARTS) is 1. The van der Waals surface area contributed by atoms with Gasteiger partial charge in [-0.15, -0.1) is 0 Å². The van der Waals surface area contributed by atoms with E-state index in [9.17, 15) is 9.59 Å². The van der Waals surface area contributed by atoms with Crippen molar-refractivity contribution in [3.05, 3.63) is 93.5 Å². The van der Waals surface area contributed by atoms with E-state index in [4.69, 9.17) is 10.1 Å². The van der Waals surface area contributed by atoms with Gasteiger partial charge in [-0.2, -0.15) is 0 Å². The molecule has 4 rings (SSSR count). The Morgan fingerprint density at radius 2 is 1.82 bits per heavy atom. The van der Waals surface area contributed by atoms with Crippen molar-refractivity contribution in [2.45, 2.75) is 25.3 Å². The van der Waals surface area contributed by atoms with Crippen LogP contribution in [0.15, 0.2) is 76.2 Å². The third kappa shape index (κ3) is 5.61. The lowest BCUT2D eigenvalue weighted by Gasteiger charge is -2.15.